The number of rotatable bonds is 5. The van der Waals surface area contributed by atoms with Crippen molar-refractivity contribution in [2.24, 2.45) is 5.92 Å². The van der Waals surface area contributed by atoms with Crippen molar-refractivity contribution in [1.29, 1.82) is 0 Å². The van der Waals surface area contributed by atoms with E-state index >= 15 is 0 Å². The van der Waals surface area contributed by atoms with Gasteiger partial charge in [0, 0.05) is 24.7 Å². The molecule has 1 heterocycles. The minimum Gasteiger partial charge on any atom is -0.399 e. The molecule has 0 aliphatic carbocycles. The lowest BCUT2D eigenvalue weighted by Gasteiger charge is -2.31. The number of benzene rings is 2. The normalized spacial score (nSPS) is 15.4. The van der Waals surface area contributed by atoms with Crippen LogP contribution < -0.4 is 11.1 Å². The van der Waals surface area contributed by atoms with Crippen molar-refractivity contribution in [3.63, 3.8) is 0 Å². The van der Waals surface area contributed by atoms with Gasteiger partial charge in [-0.2, -0.15) is 0 Å². The maximum atomic E-state index is 12.3. The Morgan fingerprint density at radius 3 is 2.40 bits per heavy atom. The Labute approximate surface area is 155 Å². The molecule has 0 atom stereocenters. The summed E-state index contributed by atoms with van der Waals surface area (Å²) in [6.45, 7) is 3.43. The molecule has 1 amide bonds. The number of amides is 1. The topological polar surface area (TPSA) is 58.4 Å². The third kappa shape index (κ3) is 5.76. The zero-order valence-corrected chi connectivity index (χ0v) is 15.2. The monoisotopic (exact) mass is 359 g/mol. The second-order valence-corrected chi connectivity index (χ2v) is 6.50. The number of carbonyl (C=O) groups is 1. The molecule has 0 spiro atoms. The van der Waals surface area contributed by atoms with E-state index in [1.807, 2.05) is 48.5 Å². The number of piperidine rings is 1. The second-order valence-electron chi connectivity index (χ2n) is 6.50. The zero-order chi connectivity index (χ0) is 16.8. The van der Waals surface area contributed by atoms with Gasteiger partial charge in [0.05, 0.1) is 0 Å². The molecule has 3 N–H and O–H groups in total. The molecule has 1 saturated heterocycles. The predicted molar refractivity (Wildman–Crippen MR) is 104 cm³/mol. The van der Waals surface area contributed by atoms with Crippen molar-refractivity contribution in [2.75, 3.05) is 18.8 Å². The van der Waals surface area contributed by atoms with Crippen LogP contribution in [0.3, 0.4) is 0 Å². The summed E-state index contributed by atoms with van der Waals surface area (Å²) in [5.74, 6) is 0.313. The molecule has 1 fully saturated rings. The Kier molecular flexibility index (Phi) is 7.29. The molecule has 0 saturated carbocycles. The SMILES string of the molecule is Cl.Nc1cccc(CN2CCC(C(=O)NCc3ccccc3)CC2)c1. The third-order valence-electron chi connectivity index (χ3n) is 4.63. The van der Waals surface area contributed by atoms with Crippen molar-refractivity contribution in [2.45, 2.75) is 25.9 Å². The lowest BCUT2D eigenvalue weighted by Crippen LogP contribution is -2.40. The Balaban J connectivity index is 0.00000225. The predicted octanol–water partition coefficient (Wildman–Crippen LogP) is 3.22. The smallest absolute Gasteiger partial charge is 0.223 e. The van der Waals surface area contributed by atoms with Gasteiger partial charge in [-0.05, 0) is 49.2 Å². The summed E-state index contributed by atoms with van der Waals surface area (Å²) in [6.07, 6.45) is 1.84. The van der Waals surface area contributed by atoms with Gasteiger partial charge >= 0.3 is 0 Å². The standard InChI is InChI=1S/C20H25N3O.ClH/c21-19-8-4-7-17(13-19)15-23-11-9-18(10-12-23)20(24)22-14-16-5-2-1-3-6-16;/h1-8,13,18H,9-12,14-15,21H2,(H,22,24);1H. The molecule has 134 valence electrons. The van der Waals surface area contributed by atoms with Crippen LogP contribution in [0.4, 0.5) is 5.69 Å². The number of likely N-dealkylation sites (tertiary alicyclic amines) is 1. The zero-order valence-electron chi connectivity index (χ0n) is 14.4. The summed E-state index contributed by atoms with van der Waals surface area (Å²) in [4.78, 5) is 14.7. The first kappa shape index (κ1) is 19.3. The molecule has 5 heteroatoms. The second kappa shape index (κ2) is 9.44. The van der Waals surface area contributed by atoms with Crippen molar-refractivity contribution >= 4 is 24.0 Å². The van der Waals surface area contributed by atoms with Crippen LogP contribution >= 0.6 is 12.4 Å². The molecular weight excluding hydrogens is 334 g/mol. The van der Waals surface area contributed by atoms with Gasteiger partial charge in [0.15, 0.2) is 0 Å². The number of carbonyl (C=O) groups excluding carboxylic acids is 1. The first-order valence-corrected chi connectivity index (χ1v) is 8.59. The summed E-state index contributed by atoms with van der Waals surface area (Å²) in [6, 6.07) is 18.1. The Morgan fingerprint density at radius 1 is 1.04 bits per heavy atom. The van der Waals surface area contributed by atoms with Crippen LogP contribution in [0, 0.1) is 5.92 Å². The molecule has 2 aromatic rings. The Bertz CT molecular complexity index is 670. The molecule has 1 aliphatic rings. The molecular formula is C20H26ClN3O. The minimum absolute atomic E-state index is 0. The van der Waals surface area contributed by atoms with Crippen LogP contribution in [0.15, 0.2) is 54.6 Å². The van der Waals surface area contributed by atoms with E-state index in [2.05, 4.69) is 16.3 Å². The van der Waals surface area contributed by atoms with Gasteiger partial charge in [0.1, 0.15) is 0 Å². The van der Waals surface area contributed by atoms with Crippen molar-refractivity contribution in [3.05, 3.63) is 65.7 Å². The number of anilines is 1. The van der Waals surface area contributed by atoms with Crippen molar-refractivity contribution in [1.82, 2.24) is 10.2 Å². The molecule has 25 heavy (non-hydrogen) atoms. The molecule has 4 nitrogen and oxygen atoms in total. The summed E-state index contributed by atoms with van der Waals surface area (Å²) < 4.78 is 0. The molecule has 3 rings (SSSR count). The quantitative estimate of drug-likeness (QED) is 0.806. The Morgan fingerprint density at radius 2 is 1.72 bits per heavy atom. The highest BCUT2D eigenvalue weighted by Crippen LogP contribution is 2.20. The number of nitrogens with one attached hydrogen (secondary N) is 1. The summed E-state index contributed by atoms with van der Waals surface area (Å²) in [7, 11) is 0. The lowest BCUT2D eigenvalue weighted by molar-refractivity contribution is -0.126. The van der Waals surface area contributed by atoms with Crippen LogP contribution in [0.5, 0.6) is 0 Å². The molecule has 0 bridgehead atoms. The van der Waals surface area contributed by atoms with E-state index in [0.29, 0.717) is 6.54 Å². The molecule has 0 aromatic heterocycles. The number of nitrogen functional groups attached to an aromatic ring is 1. The number of hydrogen-bond donors (Lipinski definition) is 2. The van der Waals surface area contributed by atoms with Gasteiger partial charge in [0.25, 0.3) is 0 Å². The van der Waals surface area contributed by atoms with E-state index in [-0.39, 0.29) is 24.2 Å². The van der Waals surface area contributed by atoms with Crippen LogP contribution in [-0.4, -0.2) is 23.9 Å². The lowest BCUT2D eigenvalue weighted by atomic mass is 9.95. The van der Waals surface area contributed by atoms with Gasteiger partial charge in [-0.15, -0.1) is 12.4 Å². The average molecular weight is 360 g/mol. The third-order valence-corrected chi connectivity index (χ3v) is 4.63. The molecule has 0 radical (unpaired) electrons. The van der Waals surface area contributed by atoms with E-state index in [1.165, 1.54) is 5.56 Å². The van der Waals surface area contributed by atoms with Crippen LogP contribution in [0.1, 0.15) is 24.0 Å². The van der Waals surface area contributed by atoms with E-state index in [9.17, 15) is 4.79 Å². The number of halogens is 1. The van der Waals surface area contributed by atoms with Gasteiger partial charge in [-0.3, -0.25) is 9.69 Å². The number of nitrogens with two attached hydrogens (primary N) is 1. The van der Waals surface area contributed by atoms with E-state index < -0.39 is 0 Å². The fourth-order valence-corrected chi connectivity index (χ4v) is 3.23. The van der Waals surface area contributed by atoms with Crippen LogP contribution in [0.2, 0.25) is 0 Å². The molecule has 2 aromatic carbocycles. The number of nitrogens with zero attached hydrogens (tertiary/aromatic N) is 1. The maximum absolute atomic E-state index is 12.3. The first-order valence-electron chi connectivity index (χ1n) is 8.59. The van der Waals surface area contributed by atoms with E-state index in [0.717, 1.165) is 43.7 Å². The van der Waals surface area contributed by atoms with Gasteiger partial charge in [0.2, 0.25) is 5.91 Å². The minimum atomic E-state index is 0. The highest BCUT2D eigenvalue weighted by molar-refractivity contribution is 5.85. The fourth-order valence-electron chi connectivity index (χ4n) is 3.23. The molecule has 1 aliphatic heterocycles. The van der Waals surface area contributed by atoms with Crippen molar-refractivity contribution < 1.29 is 4.79 Å². The van der Waals surface area contributed by atoms with Crippen molar-refractivity contribution in [3.8, 4) is 0 Å². The van der Waals surface area contributed by atoms with E-state index in [1.54, 1.807) is 0 Å². The highest BCUT2D eigenvalue weighted by atomic mass is 35.5. The summed E-state index contributed by atoms with van der Waals surface area (Å²) in [5, 5.41) is 3.07. The maximum Gasteiger partial charge on any atom is 0.223 e. The fraction of sp³-hybridized carbons (Fsp3) is 0.350. The molecule has 0 unspecified atom stereocenters. The van der Waals surface area contributed by atoms with Gasteiger partial charge < -0.3 is 11.1 Å². The highest BCUT2D eigenvalue weighted by Gasteiger charge is 2.24. The first-order chi connectivity index (χ1) is 11.7. The summed E-state index contributed by atoms with van der Waals surface area (Å²) >= 11 is 0. The average Bonchev–Trinajstić information content (AvgIpc) is 2.61. The Hall–Kier alpha value is -2.04. The number of hydrogen-bond acceptors (Lipinski definition) is 3. The van der Waals surface area contributed by atoms with E-state index in [4.69, 9.17) is 5.73 Å². The summed E-state index contributed by atoms with van der Waals surface area (Å²) in [5.41, 5.74) is 9.02. The van der Waals surface area contributed by atoms with Gasteiger partial charge in [-0.25, -0.2) is 0 Å². The van der Waals surface area contributed by atoms with Gasteiger partial charge in [-0.1, -0.05) is 42.5 Å². The largest absolute Gasteiger partial charge is 0.399 e. The van der Waals surface area contributed by atoms with Crippen LogP contribution in [-0.2, 0) is 17.9 Å². The van der Waals surface area contributed by atoms with Crippen LogP contribution in [0.25, 0.3) is 0 Å².